The van der Waals surface area contributed by atoms with Crippen molar-refractivity contribution in [2.45, 2.75) is 32.1 Å². The van der Waals surface area contributed by atoms with Crippen molar-refractivity contribution in [1.29, 1.82) is 0 Å². The molecule has 0 saturated heterocycles. The molecule has 4 heteroatoms. The van der Waals surface area contributed by atoms with Crippen LogP contribution in [0, 0.1) is 11.8 Å². The number of carboxylic acid groups (broad SMARTS) is 1. The van der Waals surface area contributed by atoms with Crippen LogP contribution in [0.5, 0.6) is 0 Å². The van der Waals surface area contributed by atoms with Gasteiger partial charge in [-0.3, -0.25) is 9.59 Å². The molecule has 2 atom stereocenters. The molecule has 1 aliphatic rings. The van der Waals surface area contributed by atoms with Crippen molar-refractivity contribution in [3.05, 3.63) is 34.9 Å². The summed E-state index contributed by atoms with van der Waals surface area (Å²) in [7, 11) is 0. The molecule has 1 aromatic rings. The minimum Gasteiger partial charge on any atom is -0.481 e. The van der Waals surface area contributed by atoms with Crippen molar-refractivity contribution in [3.8, 4) is 0 Å². The van der Waals surface area contributed by atoms with Crippen LogP contribution in [0.25, 0.3) is 0 Å². The van der Waals surface area contributed by atoms with Crippen molar-refractivity contribution in [2.75, 3.05) is 0 Å². The highest BCUT2D eigenvalue weighted by Crippen LogP contribution is 2.33. The molecule has 102 valence electrons. The molecule has 0 heterocycles. The number of hydrogen-bond acceptors (Lipinski definition) is 2. The summed E-state index contributed by atoms with van der Waals surface area (Å²) in [5.74, 6) is -1.16. The van der Waals surface area contributed by atoms with E-state index in [1.165, 1.54) is 0 Å². The van der Waals surface area contributed by atoms with Crippen LogP contribution in [0.2, 0.25) is 5.02 Å². The van der Waals surface area contributed by atoms with E-state index in [4.69, 9.17) is 11.6 Å². The molecule has 0 spiro atoms. The Morgan fingerprint density at radius 1 is 1.16 bits per heavy atom. The lowest BCUT2D eigenvalue weighted by Gasteiger charge is -2.27. The summed E-state index contributed by atoms with van der Waals surface area (Å²) < 4.78 is 0. The van der Waals surface area contributed by atoms with Gasteiger partial charge in [-0.15, -0.1) is 0 Å². The molecule has 0 aromatic heterocycles. The van der Waals surface area contributed by atoms with Gasteiger partial charge in [-0.05, 0) is 43.0 Å². The number of hydrogen-bond donors (Lipinski definition) is 1. The number of aliphatic carboxylic acids is 1. The quantitative estimate of drug-likeness (QED) is 0.854. The summed E-state index contributed by atoms with van der Waals surface area (Å²) >= 11 is 5.78. The van der Waals surface area contributed by atoms with Gasteiger partial charge in [-0.1, -0.05) is 24.4 Å². The second kappa shape index (κ2) is 6.20. The van der Waals surface area contributed by atoms with Crippen LogP contribution in [0.3, 0.4) is 0 Å². The lowest BCUT2D eigenvalue weighted by molar-refractivity contribution is -0.144. The fourth-order valence-electron chi connectivity index (χ4n) is 2.77. The maximum Gasteiger partial charge on any atom is 0.306 e. The summed E-state index contributed by atoms with van der Waals surface area (Å²) in [6.45, 7) is 0. The van der Waals surface area contributed by atoms with E-state index in [9.17, 15) is 14.7 Å². The highest BCUT2D eigenvalue weighted by Gasteiger charge is 2.32. The molecule has 0 aliphatic heterocycles. The second-order valence-electron chi connectivity index (χ2n) is 5.12. The average molecular weight is 281 g/mol. The van der Waals surface area contributed by atoms with E-state index in [-0.39, 0.29) is 17.6 Å². The molecule has 1 N–H and O–H groups in total. The van der Waals surface area contributed by atoms with Gasteiger partial charge in [0.25, 0.3) is 0 Å². The molecule has 1 aliphatic carbocycles. The number of rotatable bonds is 4. The normalized spacial score (nSPS) is 23.0. The predicted octanol–water partition coefficient (Wildman–Crippen LogP) is 3.80. The van der Waals surface area contributed by atoms with Gasteiger partial charge in [-0.2, -0.15) is 0 Å². The third kappa shape index (κ3) is 3.57. The first-order chi connectivity index (χ1) is 9.08. The topological polar surface area (TPSA) is 54.4 Å². The summed E-state index contributed by atoms with van der Waals surface area (Å²) in [5, 5.41) is 9.79. The molecule has 2 rings (SSSR count). The van der Waals surface area contributed by atoms with Gasteiger partial charge in [0.05, 0.1) is 5.92 Å². The minimum atomic E-state index is -0.770. The van der Waals surface area contributed by atoms with Crippen molar-refractivity contribution < 1.29 is 14.7 Å². The highest BCUT2D eigenvalue weighted by molar-refractivity contribution is 6.30. The Balaban J connectivity index is 2.04. The molecule has 1 aromatic carbocycles. The number of benzene rings is 1. The van der Waals surface area contributed by atoms with Crippen LogP contribution >= 0.6 is 11.6 Å². The first-order valence-electron chi connectivity index (χ1n) is 6.59. The van der Waals surface area contributed by atoms with E-state index in [0.29, 0.717) is 23.4 Å². The zero-order valence-electron chi connectivity index (χ0n) is 10.6. The number of ketones is 1. The van der Waals surface area contributed by atoms with Crippen LogP contribution in [0.4, 0.5) is 0 Å². The Bertz CT molecular complexity index is 467. The molecule has 0 amide bonds. The van der Waals surface area contributed by atoms with Crippen molar-refractivity contribution >= 4 is 23.4 Å². The van der Waals surface area contributed by atoms with Gasteiger partial charge in [0.1, 0.15) is 0 Å². The summed E-state index contributed by atoms with van der Waals surface area (Å²) in [4.78, 5) is 23.4. The minimum absolute atomic E-state index is 0.00909. The Hall–Kier alpha value is -1.35. The van der Waals surface area contributed by atoms with Crippen LogP contribution in [0.15, 0.2) is 24.3 Å². The Morgan fingerprint density at radius 3 is 2.42 bits per heavy atom. The first kappa shape index (κ1) is 14.1. The third-order valence-electron chi connectivity index (χ3n) is 3.84. The van der Waals surface area contributed by atoms with Crippen LogP contribution < -0.4 is 0 Å². The molecule has 0 unspecified atom stereocenters. The SMILES string of the molecule is O=C(C[C@@H]1CCCC[C@H]1C(=O)O)c1ccc(Cl)cc1. The molecule has 1 saturated carbocycles. The Kier molecular flexibility index (Phi) is 4.59. The van der Waals surface area contributed by atoms with E-state index >= 15 is 0 Å². The number of carbonyl (C=O) groups is 2. The molecular formula is C15H17ClO3. The van der Waals surface area contributed by atoms with E-state index in [1.54, 1.807) is 24.3 Å². The van der Waals surface area contributed by atoms with Gasteiger partial charge in [0.2, 0.25) is 0 Å². The maximum absolute atomic E-state index is 12.2. The Morgan fingerprint density at radius 2 is 1.79 bits per heavy atom. The standard InChI is InChI=1S/C15H17ClO3/c16-12-7-5-10(6-8-12)14(17)9-11-3-1-2-4-13(11)15(18)19/h5-8,11,13H,1-4,9H2,(H,18,19)/t11-,13+/m0/s1. The van der Waals surface area contributed by atoms with Gasteiger partial charge < -0.3 is 5.11 Å². The first-order valence-corrected chi connectivity index (χ1v) is 6.97. The largest absolute Gasteiger partial charge is 0.481 e. The van der Waals surface area contributed by atoms with Gasteiger partial charge in [0, 0.05) is 17.0 Å². The number of carboxylic acids is 1. The molecule has 0 bridgehead atoms. The van der Waals surface area contributed by atoms with Crippen molar-refractivity contribution in [1.82, 2.24) is 0 Å². The summed E-state index contributed by atoms with van der Waals surface area (Å²) in [5.41, 5.74) is 0.610. The van der Waals surface area contributed by atoms with E-state index in [0.717, 1.165) is 19.3 Å². The average Bonchev–Trinajstić information content (AvgIpc) is 2.39. The number of halogens is 1. The zero-order chi connectivity index (χ0) is 13.8. The molecular weight excluding hydrogens is 264 g/mol. The highest BCUT2D eigenvalue weighted by atomic mass is 35.5. The van der Waals surface area contributed by atoms with Crippen molar-refractivity contribution in [3.63, 3.8) is 0 Å². The second-order valence-corrected chi connectivity index (χ2v) is 5.56. The van der Waals surface area contributed by atoms with Crippen LogP contribution in [-0.4, -0.2) is 16.9 Å². The summed E-state index contributed by atoms with van der Waals surface area (Å²) in [6, 6.07) is 6.77. The zero-order valence-corrected chi connectivity index (χ0v) is 11.4. The summed E-state index contributed by atoms with van der Waals surface area (Å²) in [6.07, 6.45) is 3.80. The molecule has 19 heavy (non-hydrogen) atoms. The smallest absolute Gasteiger partial charge is 0.306 e. The van der Waals surface area contributed by atoms with Crippen LogP contribution in [0.1, 0.15) is 42.5 Å². The molecule has 3 nitrogen and oxygen atoms in total. The fourth-order valence-corrected chi connectivity index (χ4v) is 2.89. The Labute approximate surface area is 117 Å². The van der Waals surface area contributed by atoms with E-state index in [2.05, 4.69) is 0 Å². The number of Topliss-reactive ketones (excluding diaryl/α,β-unsaturated/α-hetero) is 1. The lowest BCUT2D eigenvalue weighted by atomic mass is 9.76. The molecule has 1 fully saturated rings. The third-order valence-corrected chi connectivity index (χ3v) is 4.09. The van der Waals surface area contributed by atoms with E-state index < -0.39 is 5.97 Å². The molecule has 0 radical (unpaired) electrons. The van der Waals surface area contributed by atoms with Gasteiger partial charge >= 0.3 is 5.97 Å². The van der Waals surface area contributed by atoms with Crippen LogP contribution in [-0.2, 0) is 4.79 Å². The van der Waals surface area contributed by atoms with E-state index in [1.807, 2.05) is 0 Å². The predicted molar refractivity (Wildman–Crippen MR) is 73.5 cm³/mol. The maximum atomic E-state index is 12.2. The fraction of sp³-hybridized carbons (Fsp3) is 0.467. The van der Waals surface area contributed by atoms with Crippen molar-refractivity contribution in [2.24, 2.45) is 11.8 Å². The van der Waals surface area contributed by atoms with Gasteiger partial charge in [0.15, 0.2) is 5.78 Å². The monoisotopic (exact) mass is 280 g/mol. The number of carbonyl (C=O) groups excluding carboxylic acids is 1. The lowest BCUT2D eigenvalue weighted by Crippen LogP contribution is -2.28. The van der Waals surface area contributed by atoms with Gasteiger partial charge in [-0.25, -0.2) is 0 Å².